The summed E-state index contributed by atoms with van der Waals surface area (Å²) in [6.07, 6.45) is -4.73. The molecule has 4 amide bonds. The monoisotopic (exact) mass is 411 g/mol. The SMILES string of the molecule is CN(C)C(=O)N1CC(=O)N(Cc2ccc(-c3noc(C(F)(F)F)n3)cc2)C(=O)C1. The molecule has 0 spiro atoms. The Hall–Kier alpha value is -3.44. The fourth-order valence-corrected chi connectivity index (χ4v) is 2.68. The van der Waals surface area contributed by atoms with E-state index in [1.807, 2.05) is 0 Å². The molecule has 1 aliphatic rings. The van der Waals surface area contributed by atoms with Crippen LogP contribution in [-0.4, -0.2) is 69.9 Å². The number of urea groups is 1. The zero-order valence-corrected chi connectivity index (χ0v) is 15.4. The second-order valence-corrected chi connectivity index (χ2v) is 6.52. The number of imide groups is 1. The quantitative estimate of drug-likeness (QED) is 0.712. The summed E-state index contributed by atoms with van der Waals surface area (Å²) in [6.45, 7) is -0.462. The first-order valence-electron chi connectivity index (χ1n) is 8.36. The van der Waals surface area contributed by atoms with E-state index in [9.17, 15) is 27.6 Å². The van der Waals surface area contributed by atoms with Crippen molar-refractivity contribution in [1.82, 2.24) is 24.8 Å². The lowest BCUT2D eigenvalue weighted by molar-refractivity contribution is -0.159. The van der Waals surface area contributed by atoms with Crippen LogP contribution in [0.4, 0.5) is 18.0 Å². The molecule has 0 unspecified atom stereocenters. The zero-order valence-electron chi connectivity index (χ0n) is 15.4. The Balaban J connectivity index is 1.68. The van der Waals surface area contributed by atoms with Gasteiger partial charge < -0.3 is 14.3 Å². The van der Waals surface area contributed by atoms with Crippen LogP contribution in [0.2, 0.25) is 0 Å². The number of piperazine rings is 1. The fourth-order valence-electron chi connectivity index (χ4n) is 2.68. The van der Waals surface area contributed by atoms with Gasteiger partial charge in [-0.05, 0) is 5.56 Å². The lowest BCUT2D eigenvalue weighted by Gasteiger charge is -2.34. The van der Waals surface area contributed by atoms with Crippen molar-refractivity contribution >= 4 is 17.8 Å². The first-order valence-corrected chi connectivity index (χ1v) is 8.36. The van der Waals surface area contributed by atoms with Crippen LogP contribution in [0.5, 0.6) is 0 Å². The smallest absolute Gasteiger partial charge is 0.331 e. The third-order valence-electron chi connectivity index (χ3n) is 4.13. The highest BCUT2D eigenvalue weighted by molar-refractivity contribution is 6.02. The molecule has 2 aromatic rings. The van der Waals surface area contributed by atoms with Crippen molar-refractivity contribution in [2.75, 3.05) is 27.2 Å². The van der Waals surface area contributed by atoms with E-state index in [1.165, 1.54) is 43.3 Å². The van der Waals surface area contributed by atoms with Crippen molar-refractivity contribution in [3.8, 4) is 11.4 Å². The van der Waals surface area contributed by atoms with Gasteiger partial charge in [0.1, 0.15) is 13.1 Å². The number of hydrogen-bond acceptors (Lipinski definition) is 6. The Labute approximate surface area is 162 Å². The molecule has 12 heteroatoms. The molecule has 1 aromatic heterocycles. The second kappa shape index (κ2) is 7.53. The predicted molar refractivity (Wildman–Crippen MR) is 90.9 cm³/mol. The number of rotatable bonds is 3. The van der Waals surface area contributed by atoms with E-state index in [-0.39, 0.29) is 31.0 Å². The van der Waals surface area contributed by atoms with Gasteiger partial charge in [-0.15, -0.1) is 0 Å². The molecular formula is C17H16F3N5O4. The number of amides is 4. The predicted octanol–water partition coefficient (Wildman–Crippen LogP) is 1.61. The largest absolute Gasteiger partial charge is 0.471 e. The standard InChI is InChI=1S/C17H16F3N5O4/c1-23(2)16(28)24-8-12(26)25(13(27)9-24)7-10-3-5-11(6-4-10)14-21-15(29-22-14)17(18,19)20/h3-6H,7-9H2,1-2H3. The van der Waals surface area contributed by atoms with Crippen molar-refractivity contribution in [2.45, 2.75) is 12.7 Å². The highest BCUT2D eigenvalue weighted by Gasteiger charge is 2.38. The summed E-state index contributed by atoms with van der Waals surface area (Å²) in [5.74, 6) is -2.72. The topological polar surface area (TPSA) is 99.9 Å². The van der Waals surface area contributed by atoms with Crippen molar-refractivity contribution in [2.24, 2.45) is 0 Å². The van der Waals surface area contributed by atoms with Gasteiger partial charge in [-0.1, -0.05) is 29.4 Å². The first kappa shape index (κ1) is 20.3. The molecule has 1 aliphatic heterocycles. The molecule has 1 aromatic carbocycles. The lowest BCUT2D eigenvalue weighted by atomic mass is 10.1. The van der Waals surface area contributed by atoms with Crippen LogP contribution in [0, 0.1) is 0 Å². The van der Waals surface area contributed by atoms with E-state index < -0.39 is 29.9 Å². The number of halogens is 3. The molecule has 2 heterocycles. The summed E-state index contributed by atoms with van der Waals surface area (Å²) in [5, 5.41) is 3.30. The van der Waals surface area contributed by atoms with Crippen molar-refractivity contribution in [3.63, 3.8) is 0 Å². The second-order valence-electron chi connectivity index (χ2n) is 6.52. The van der Waals surface area contributed by atoms with Gasteiger partial charge in [0, 0.05) is 19.7 Å². The van der Waals surface area contributed by atoms with Crippen LogP contribution in [0.25, 0.3) is 11.4 Å². The fraction of sp³-hybridized carbons (Fsp3) is 0.353. The summed E-state index contributed by atoms with van der Waals surface area (Å²) in [6, 6.07) is 5.56. The maximum atomic E-state index is 12.5. The number of aromatic nitrogens is 2. The van der Waals surface area contributed by atoms with Gasteiger partial charge >= 0.3 is 18.1 Å². The Morgan fingerprint density at radius 1 is 1.14 bits per heavy atom. The number of carbonyl (C=O) groups excluding carboxylic acids is 3. The highest BCUT2D eigenvalue weighted by Crippen LogP contribution is 2.29. The molecule has 0 bridgehead atoms. The summed E-state index contributed by atoms with van der Waals surface area (Å²) in [4.78, 5) is 43.3. The number of nitrogens with zero attached hydrogens (tertiary/aromatic N) is 5. The zero-order chi connectivity index (χ0) is 21.3. The Kier molecular flexibility index (Phi) is 5.27. The molecule has 1 fully saturated rings. The van der Waals surface area contributed by atoms with Crippen LogP contribution in [-0.2, 0) is 22.3 Å². The van der Waals surface area contributed by atoms with E-state index in [0.717, 1.165) is 9.80 Å². The van der Waals surface area contributed by atoms with E-state index >= 15 is 0 Å². The minimum Gasteiger partial charge on any atom is -0.331 e. The number of hydrogen-bond donors (Lipinski definition) is 0. The summed E-state index contributed by atoms with van der Waals surface area (Å²) >= 11 is 0. The molecule has 0 atom stereocenters. The summed E-state index contributed by atoms with van der Waals surface area (Å²) < 4.78 is 41.8. The van der Waals surface area contributed by atoms with Gasteiger partial charge in [0.25, 0.3) is 0 Å². The lowest BCUT2D eigenvalue weighted by Crippen LogP contribution is -2.56. The Morgan fingerprint density at radius 2 is 1.72 bits per heavy atom. The molecule has 154 valence electrons. The Bertz CT molecular complexity index is 921. The molecule has 1 saturated heterocycles. The first-order chi connectivity index (χ1) is 13.6. The highest BCUT2D eigenvalue weighted by atomic mass is 19.4. The molecule has 0 saturated carbocycles. The van der Waals surface area contributed by atoms with Gasteiger partial charge in [-0.25, -0.2) is 4.79 Å². The molecule has 29 heavy (non-hydrogen) atoms. The third-order valence-corrected chi connectivity index (χ3v) is 4.13. The van der Waals surface area contributed by atoms with Crippen LogP contribution in [0.1, 0.15) is 11.5 Å². The molecule has 9 nitrogen and oxygen atoms in total. The minimum absolute atomic E-state index is 0.0258. The van der Waals surface area contributed by atoms with Crippen molar-refractivity contribution < 1.29 is 32.1 Å². The molecule has 0 N–H and O–H groups in total. The average molecular weight is 411 g/mol. The summed E-state index contributed by atoms with van der Waals surface area (Å²) in [7, 11) is 3.04. The molecule has 0 aliphatic carbocycles. The van der Waals surface area contributed by atoms with Gasteiger partial charge in [0.2, 0.25) is 17.6 Å². The van der Waals surface area contributed by atoms with E-state index in [0.29, 0.717) is 5.56 Å². The maximum Gasteiger partial charge on any atom is 0.471 e. The van der Waals surface area contributed by atoms with Gasteiger partial charge in [0.05, 0.1) is 6.54 Å². The molecule has 0 radical (unpaired) electrons. The van der Waals surface area contributed by atoms with Crippen LogP contribution in [0.3, 0.4) is 0 Å². The normalized spacial score (nSPS) is 15.1. The third kappa shape index (κ3) is 4.36. The minimum atomic E-state index is -4.73. The number of alkyl halides is 3. The van der Waals surface area contributed by atoms with Crippen LogP contribution in [0.15, 0.2) is 28.8 Å². The molecule has 3 rings (SSSR count). The number of carbonyl (C=O) groups is 3. The summed E-state index contributed by atoms with van der Waals surface area (Å²) in [5.41, 5.74) is 0.856. The van der Waals surface area contributed by atoms with E-state index in [1.54, 1.807) is 0 Å². The van der Waals surface area contributed by atoms with Crippen molar-refractivity contribution in [1.29, 1.82) is 0 Å². The van der Waals surface area contributed by atoms with E-state index in [2.05, 4.69) is 14.7 Å². The molecular weight excluding hydrogens is 395 g/mol. The van der Waals surface area contributed by atoms with Gasteiger partial charge in [-0.2, -0.15) is 18.2 Å². The van der Waals surface area contributed by atoms with E-state index in [4.69, 9.17) is 0 Å². The van der Waals surface area contributed by atoms with Crippen molar-refractivity contribution in [3.05, 3.63) is 35.7 Å². The van der Waals surface area contributed by atoms with Crippen LogP contribution >= 0.6 is 0 Å². The number of benzene rings is 1. The van der Waals surface area contributed by atoms with Gasteiger partial charge in [0.15, 0.2) is 0 Å². The Morgan fingerprint density at radius 3 is 2.21 bits per heavy atom. The maximum absolute atomic E-state index is 12.5. The van der Waals surface area contributed by atoms with Crippen LogP contribution < -0.4 is 0 Å². The average Bonchev–Trinajstić information content (AvgIpc) is 3.15. The van der Waals surface area contributed by atoms with Gasteiger partial charge in [-0.3, -0.25) is 14.5 Å².